The summed E-state index contributed by atoms with van der Waals surface area (Å²) in [7, 11) is 1.97. The van der Waals surface area contributed by atoms with E-state index in [1.807, 2.05) is 65.5 Å². The van der Waals surface area contributed by atoms with Crippen LogP contribution in [0, 0.1) is 0 Å². The summed E-state index contributed by atoms with van der Waals surface area (Å²) in [5.74, 6) is 2.53. The molecule has 0 radical (unpaired) electrons. The smallest absolute Gasteiger partial charge is 0.237 e. The van der Waals surface area contributed by atoms with Crippen LogP contribution in [0.2, 0.25) is 0 Å². The van der Waals surface area contributed by atoms with Crippen molar-refractivity contribution in [2.24, 2.45) is 7.05 Å². The van der Waals surface area contributed by atoms with E-state index in [0.717, 1.165) is 27.0 Å². The lowest BCUT2D eigenvalue weighted by Crippen LogP contribution is -2.05. The van der Waals surface area contributed by atoms with E-state index in [2.05, 4.69) is 39.6 Å². The quantitative estimate of drug-likeness (QED) is 0.313. The molecular formula is C23H19N5OS2. The molecule has 0 bridgehead atoms. The lowest BCUT2D eigenvalue weighted by Gasteiger charge is -2.14. The van der Waals surface area contributed by atoms with Crippen LogP contribution in [-0.2, 0) is 12.8 Å². The molecule has 0 atom stereocenters. The van der Waals surface area contributed by atoms with Crippen LogP contribution < -0.4 is 0 Å². The van der Waals surface area contributed by atoms with E-state index in [1.165, 1.54) is 11.8 Å². The Bertz CT molecular complexity index is 1210. The van der Waals surface area contributed by atoms with Crippen molar-refractivity contribution in [2.45, 2.75) is 16.8 Å². The largest absolute Gasteiger partial charge is 0.338 e. The number of thioether (sulfide) groups is 1. The highest BCUT2D eigenvalue weighted by Gasteiger charge is 2.22. The van der Waals surface area contributed by atoms with Gasteiger partial charge in [-0.05, 0) is 22.6 Å². The second kappa shape index (κ2) is 8.87. The standard InChI is InChI=1S/C23H19N5OS2/c1-28-22(18-13-8-14-30-18)25-26-23(28)31-15-19-24-21(27-29-19)20(16-9-4-2-5-10-16)17-11-6-3-7-12-17/h2-14,20H,15H2,1H3. The molecule has 3 aromatic heterocycles. The van der Waals surface area contributed by atoms with Gasteiger partial charge in [-0.2, -0.15) is 4.98 Å². The second-order valence-corrected chi connectivity index (χ2v) is 8.82. The minimum Gasteiger partial charge on any atom is -0.338 e. The third kappa shape index (κ3) is 4.17. The first-order chi connectivity index (χ1) is 15.3. The Morgan fingerprint density at radius 3 is 2.29 bits per heavy atom. The van der Waals surface area contributed by atoms with E-state index < -0.39 is 0 Å². The molecule has 0 aliphatic rings. The maximum absolute atomic E-state index is 5.59. The molecule has 0 aliphatic carbocycles. The SMILES string of the molecule is Cn1c(SCc2nc(C(c3ccccc3)c3ccccc3)no2)nnc1-c1cccs1. The fourth-order valence-corrected chi connectivity index (χ4v) is 4.91. The Labute approximate surface area is 188 Å². The van der Waals surface area contributed by atoms with Crippen molar-refractivity contribution in [1.29, 1.82) is 0 Å². The maximum atomic E-state index is 5.59. The van der Waals surface area contributed by atoms with Gasteiger partial charge in [0, 0.05) is 7.05 Å². The van der Waals surface area contributed by atoms with Crippen molar-refractivity contribution in [3.05, 3.63) is 101 Å². The van der Waals surface area contributed by atoms with Gasteiger partial charge in [-0.15, -0.1) is 21.5 Å². The van der Waals surface area contributed by atoms with Crippen molar-refractivity contribution in [2.75, 3.05) is 0 Å². The number of benzene rings is 2. The zero-order valence-electron chi connectivity index (χ0n) is 16.8. The van der Waals surface area contributed by atoms with Crippen LogP contribution >= 0.6 is 23.1 Å². The molecule has 0 fully saturated rings. The van der Waals surface area contributed by atoms with Crippen LogP contribution in [0.25, 0.3) is 10.7 Å². The van der Waals surface area contributed by atoms with Crippen LogP contribution in [0.1, 0.15) is 28.8 Å². The number of nitrogens with zero attached hydrogens (tertiary/aromatic N) is 5. The summed E-state index contributed by atoms with van der Waals surface area (Å²) < 4.78 is 7.58. The van der Waals surface area contributed by atoms with Crippen molar-refractivity contribution in [3.8, 4) is 10.7 Å². The highest BCUT2D eigenvalue weighted by Crippen LogP contribution is 2.31. The first kappa shape index (κ1) is 19.7. The van der Waals surface area contributed by atoms with E-state index in [1.54, 1.807) is 11.3 Å². The van der Waals surface area contributed by atoms with Crippen LogP contribution in [0.15, 0.2) is 87.9 Å². The number of aromatic nitrogens is 5. The van der Waals surface area contributed by atoms with Gasteiger partial charge in [0.15, 0.2) is 16.8 Å². The molecule has 0 amide bonds. The monoisotopic (exact) mass is 445 g/mol. The fraction of sp³-hybridized carbons (Fsp3) is 0.130. The molecule has 2 aromatic carbocycles. The molecule has 5 aromatic rings. The molecule has 0 spiro atoms. The first-order valence-electron chi connectivity index (χ1n) is 9.78. The molecule has 154 valence electrons. The van der Waals surface area contributed by atoms with Crippen LogP contribution in [0.3, 0.4) is 0 Å². The Balaban J connectivity index is 1.37. The third-order valence-corrected chi connectivity index (χ3v) is 6.78. The highest BCUT2D eigenvalue weighted by molar-refractivity contribution is 7.98. The third-order valence-electron chi connectivity index (χ3n) is 4.91. The summed E-state index contributed by atoms with van der Waals surface area (Å²) >= 11 is 3.18. The Kier molecular flexibility index (Phi) is 5.64. The number of hydrogen-bond donors (Lipinski definition) is 0. The van der Waals surface area contributed by atoms with Gasteiger partial charge in [-0.3, -0.25) is 0 Å². The number of rotatable bonds is 7. The zero-order chi connectivity index (χ0) is 21.0. The fourth-order valence-electron chi connectivity index (χ4n) is 3.41. The predicted molar refractivity (Wildman–Crippen MR) is 122 cm³/mol. The lowest BCUT2D eigenvalue weighted by atomic mass is 9.91. The Morgan fingerprint density at radius 1 is 0.935 bits per heavy atom. The van der Waals surface area contributed by atoms with E-state index in [0.29, 0.717) is 17.5 Å². The average Bonchev–Trinajstić information content (AvgIpc) is 3.56. The molecule has 0 saturated carbocycles. The van der Waals surface area contributed by atoms with Gasteiger partial charge in [0.25, 0.3) is 0 Å². The lowest BCUT2D eigenvalue weighted by molar-refractivity contribution is 0.384. The summed E-state index contributed by atoms with van der Waals surface area (Å²) in [5.41, 5.74) is 2.25. The van der Waals surface area contributed by atoms with Gasteiger partial charge >= 0.3 is 0 Å². The van der Waals surface area contributed by atoms with Gasteiger partial charge in [-0.25, -0.2) is 0 Å². The van der Waals surface area contributed by atoms with E-state index in [9.17, 15) is 0 Å². The normalized spacial score (nSPS) is 11.3. The van der Waals surface area contributed by atoms with Crippen molar-refractivity contribution >= 4 is 23.1 Å². The molecule has 0 unspecified atom stereocenters. The van der Waals surface area contributed by atoms with E-state index in [4.69, 9.17) is 9.51 Å². The summed E-state index contributed by atoms with van der Waals surface area (Å²) in [6, 6.07) is 24.6. The average molecular weight is 446 g/mol. The maximum Gasteiger partial charge on any atom is 0.237 e. The molecule has 0 saturated heterocycles. The van der Waals surface area contributed by atoms with Crippen LogP contribution in [0.5, 0.6) is 0 Å². The second-order valence-electron chi connectivity index (χ2n) is 6.93. The van der Waals surface area contributed by atoms with Crippen molar-refractivity contribution < 1.29 is 4.52 Å². The summed E-state index contributed by atoms with van der Waals surface area (Å²) in [6.45, 7) is 0. The molecule has 5 rings (SSSR count). The molecule has 31 heavy (non-hydrogen) atoms. The minimum absolute atomic E-state index is 0.0786. The van der Waals surface area contributed by atoms with Gasteiger partial charge < -0.3 is 9.09 Å². The molecule has 6 nitrogen and oxygen atoms in total. The van der Waals surface area contributed by atoms with Crippen LogP contribution in [-0.4, -0.2) is 24.9 Å². The molecule has 8 heteroatoms. The van der Waals surface area contributed by atoms with Crippen molar-refractivity contribution in [1.82, 2.24) is 24.9 Å². The predicted octanol–water partition coefficient (Wildman–Crippen LogP) is 5.40. The Hall–Kier alpha value is -3.23. The van der Waals surface area contributed by atoms with E-state index >= 15 is 0 Å². The van der Waals surface area contributed by atoms with E-state index in [-0.39, 0.29) is 5.92 Å². The van der Waals surface area contributed by atoms with Crippen molar-refractivity contribution in [3.63, 3.8) is 0 Å². The molecule has 0 aliphatic heterocycles. The van der Waals surface area contributed by atoms with Gasteiger partial charge in [0.2, 0.25) is 5.89 Å². The number of hydrogen-bond acceptors (Lipinski definition) is 7. The summed E-state index contributed by atoms with van der Waals surface area (Å²) in [4.78, 5) is 5.80. The Morgan fingerprint density at radius 2 is 1.65 bits per heavy atom. The minimum atomic E-state index is -0.0786. The topological polar surface area (TPSA) is 69.6 Å². The van der Waals surface area contributed by atoms with Gasteiger partial charge in [0.05, 0.1) is 16.5 Å². The zero-order valence-corrected chi connectivity index (χ0v) is 18.4. The molecular weight excluding hydrogens is 426 g/mol. The summed E-state index contributed by atoms with van der Waals surface area (Å²) in [6.07, 6.45) is 0. The molecule has 3 heterocycles. The van der Waals surface area contributed by atoms with Gasteiger partial charge in [-0.1, -0.05) is 83.6 Å². The molecule has 0 N–H and O–H groups in total. The highest BCUT2D eigenvalue weighted by atomic mass is 32.2. The van der Waals surface area contributed by atoms with Gasteiger partial charge in [0.1, 0.15) is 0 Å². The summed E-state index contributed by atoms with van der Waals surface area (Å²) in [5, 5.41) is 15.8. The number of thiophene rings is 1. The van der Waals surface area contributed by atoms with Crippen LogP contribution in [0.4, 0.5) is 0 Å². The first-order valence-corrected chi connectivity index (χ1v) is 11.6.